The SMILES string of the molecule is COc1cc(CN2CC(C(=O)O)C2)ccc1C#N. The number of ether oxygens (including phenoxy) is 1. The van der Waals surface area contributed by atoms with Gasteiger partial charge in [-0.05, 0) is 17.7 Å². The van der Waals surface area contributed by atoms with Gasteiger partial charge in [0.15, 0.2) is 0 Å². The maximum atomic E-state index is 10.7. The Morgan fingerprint density at radius 3 is 2.89 bits per heavy atom. The highest BCUT2D eigenvalue weighted by molar-refractivity contribution is 5.71. The Hall–Kier alpha value is -2.06. The first-order chi connectivity index (χ1) is 8.63. The van der Waals surface area contributed by atoms with E-state index in [4.69, 9.17) is 15.1 Å². The van der Waals surface area contributed by atoms with Crippen LogP contribution in [-0.2, 0) is 11.3 Å². The van der Waals surface area contributed by atoms with Gasteiger partial charge >= 0.3 is 5.97 Å². The van der Waals surface area contributed by atoms with E-state index >= 15 is 0 Å². The zero-order valence-electron chi connectivity index (χ0n) is 10.1. The summed E-state index contributed by atoms with van der Waals surface area (Å²) in [7, 11) is 1.53. The standard InChI is InChI=1S/C13H14N2O3/c1-18-12-4-9(2-3-10(12)5-14)6-15-7-11(8-15)13(16)17/h2-4,11H,6-8H2,1H3,(H,16,17). The Morgan fingerprint density at radius 2 is 2.33 bits per heavy atom. The van der Waals surface area contributed by atoms with E-state index in [1.807, 2.05) is 12.1 Å². The molecule has 1 N–H and O–H groups in total. The summed E-state index contributed by atoms with van der Waals surface area (Å²) >= 11 is 0. The molecule has 0 bridgehead atoms. The molecule has 18 heavy (non-hydrogen) atoms. The molecule has 5 heteroatoms. The lowest BCUT2D eigenvalue weighted by atomic mass is 9.99. The van der Waals surface area contributed by atoms with Gasteiger partial charge in [0.25, 0.3) is 0 Å². The topological polar surface area (TPSA) is 73.6 Å². The third kappa shape index (κ3) is 2.44. The average molecular weight is 246 g/mol. The predicted molar refractivity (Wildman–Crippen MR) is 64.1 cm³/mol. The first-order valence-corrected chi connectivity index (χ1v) is 5.66. The zero-order valence-corrected chi connectivity index (χ0v) is 10.1. The summed E-state index contributed by atoms with van der Waals surface area (Å²) in [6.07, 6.45) is 0. The van der Waals surface area contributed by atoms with Crippen LogP contribution in [0.2, 0.25) is 0 Å². The molecule has 1 saturated heterocycles. The number of aliphatic carboxylic acids is 1. The van der Waals surface area contributed by atoms with E-state index in [1.54, 1.807) is 6.07 Å². The molecule has 0 radical (unpaired) electrons. The number of benzene rings is 1. The lowest BCUT2D eigenvalue weighted by Gasteiger charge is -2.36. The number of hydrogen-bond acceptors (Lipinski definition) is 4. The number of carbonyl (C=O) groups is 1. The average Bonchev–Trinajstić information content (AvgIpc) is 2.32. The van der Waals surface area contributed by atoms with Crippen molar-refractivity contribution in [3.8, 4) is 11.8 Å². The Morgan fingerprint density at radius 1 is 1.61 bits per heavy atom. The Balaban J connectivity index is 1.99. The van der Waals surface area contributed by atoms with Gasteiger partial charge in [0.2, 0.25) is 0 Å². The van der Waals surface area contributed by atoms with E-state index in [0.29, 0.717) is 30.9 Å². The van der Waals surface area contributed by atoms with Crippen LogP contribution in [0.3, 0.4) is 0 Å². The van der Waals surface area contributed by atoms with Crippen molar-refractivity contribution >= 4 is 5.97 Å². The second-order valence-corrected chi connectivity index (χ2v) is 4.38. The first-order valence-electron chi connectivity index (χ1n) is 5.66. The number of nitrogens with zero attached hydrogens (tertiary/aromatic N) is 2. The molecule has 1 aliphatic heterocycles. The van der Waals surface area contributed by atoms with Crippen LogP contribution in [0.5, 0.6) is 5.75 Å². The van der Waals surface area contributed by atoms with Gasteiger partial charge in [0.05, 0.1) is 18.6 Å². The van der Waals surface area contributed by atoms with Crippen LogP contribution >= 0.6 is 0 Å². The Kier molecular flexibility index (Phi) is 3.49. The second kappa shape index (κ2) is 5.07. The highest BCUT2D eigenvalue weighted by Crippen LogP contribution is 2.23. The number of methoxy groups -OCH3 is 1. The number of carboxylic acid groups (broad SMARTS) is 1. The molecule has 0 unspecified atom stereocenters. The summed E-state index contributed by atoms with van der Waals surface area (Å²) in [6, 6.07) is 7.48. The van der Waals surface area contributed by atoms with Gasteiger partial charge in [0, 0.05) is 19.6 Å². The minimum Gasteiger partial charge on any atom is -0.495 e. The van der Waals surface area contributed by atoms with E-state index in [0.717, 1.165) is 5.56 Å². The maximum absolute atomic E-state index is 10.7. The summed E-state index contributed by atoms with van der Waals surface area (Å²) in [6.45, 7) is 1.85. The third-order valence-electron chi connectivity index (χ3n) is 3.10. The van der Waals surface area contributed by atoms with Crippen LogP contribution in [0.15, 0.2) is 18.2 Å². The quantitative estimate of drug-likeness (QED) is 0.860. The van der Waals surface area contributed by atoms with Crippen LogP contribution in [0.25, 0.3) is 0 Å². The van der Waals surface area contributed by atoms with E-state index in [1.165, 1.54) is 7.11 Å². The molecule has 1 heterocycles. The summed E-state index contributed by atoms with van der Waals surface area (Å²) in [5.41, 5.74) is 1.53. The number of nitriles is 1. The van der Waals surface area contributed by atoms with E-state index < -0.39 is 5.97 Å². The van der Waals surface area contributed by atoms with Gasteiger partial charge in [-0.2, -0.15) is 5.26 Å². The molecule has 0 aliphatic carbocycles. The molecule has 2 rings (SSSR count). The van der Waals surface area contributed by atoms with Gasteiger partial charge in [-0.25, -0.2) is 0 Å². The zero-order chi connectivity index (χ0) is 13.1. The highest BCUT2D eigenvalue weighted by Gasteiger charge is 2.32. The van der Waals surface area contributed by atoms with E-state index in [-0.39, 0.29) is 5.92 Å². The highest BCUT2D eigenvalue weighted by atomic mass is 16.5. The smallest absolute Gasteiger partial charge is 0.309 e. The van der Waals surface area contributed by atoms with Crippen molar-refractivity contribution < 1.29 is 14.6 Å². The van der Waals surface area contributed by atoms with Crippen molar-refractivity contribution in [1.29, 1.82) is 5.26 Å². The van der Waals surface area contributed by atoms with Crippen LogP contribution in [0.4, 0.5) is 0 Å². The molecule has 1 aromatic carbocycles. The van der Waals surface area contributed by atoms with Crippen LogP contribution in [0, 0.1) is 17.2 Å². The molecular weight excluding hydrogens is 232 g/mol. The second-order valence-electron chi connectivity index (χ2n) is 4.38. The fraction of sp³-hybridized carbons (Fsp3) is 0.385. The molecule has 5 nitrogen and oxygen atoms in total. The lowest BCUT2D eigenvalue weighted by Crippen LogP contribution is -2.49. The van der Waals surface area contributed by atoms with Gasteiger partial charge in [-0.1, -0.05) is 6.07 Å². The van der Waals surface area contributed by atoms with Crippen molar-refractivity contribution in [2.24, 2.45) is 5.92 Å². The number of hydrogen-bond donors (Lipinski definition) is 1. The van der Waals surface area contributed by atoms with E-state index in [2.05, 4.69) is 11.0 Å². The fourth-order valence-corrected chi connectivity index (χ4v) is 2.04. The molecule has 0 atom stereocenters. The van der Waals surface area contributed by atoms with Gasteiger partial charge < -0.3 is 9.84 Å². The minimum absolute atomic E-state index is 0.245. The van der Waals surface area contributed by atoms with Gasteiger partial charge in [0.1, 0.15) is 11.8 Å². The predicted octanol–water partition coefficient (Wildman–Crippen LogP) is 1.08. The summed E-state index contributed by atoms with van der Waals surface area (Å²) in [5.74, 6) is -0.417. The number of likely N-dealkylation sites (tertiary alicyclic amines) is 1. The normalized spacial score (nSPS) is 15.8. The molecule has 0 aromatic heterocycles. The van der Waals surface area contributed by atoms with Crippen molar-refractivity contribution in [1.82, 2.24) is 4.90 Å². The van der Waals surface area contributed by atoms with E-state index in [9.17, 15) is 4.79 Å². The van der Waals surface area contributed by atoms with Gasteiger partial charge in [-0.3, -0.25) is 9.69 Å². The monoisotopic (exact) mass is 246 g/mol. The minimum atomic E-state index is -0.733. The third-order valence-corrected chi connectivity index (χ3v) is 3.10. The van der Waals surface area contributed by atoms with Crippen LogP contribution in [-0.4, -0.2) is 36.2 Å². The molecule has 1 aliphatic rings. The lowest BCUT2D eigenvalue weighted by molar-refractivity contribution is -0.147. The Bertz CT molecular complexity index is 501. The van der Waals surface area contributed by atoms with Gasteiger partial charge in [-0.15, -0.1) is 0 Å². The molecule has 0 saturated carbocycles. The fourth-order valence-electron chi connectivity index (χ4n) is 2.04. The number of carboxylic acids is 1. The molecule has 0 spiro atoms. The summed E-state index contributed by atoms with van der Waals surface area (Å²) in [5, 5.41) is 17.7. The number of rotatable bonds is 4. The van der Waals surface area contributed by atoms with Crippen molar-refractivity contribution in [3.05, 3.63) is 29.3 Å². The first kappa shape index (κ1) is 12.4. The molecule has 1 fully saturated rings. The van der Waals surface area contributed by atoms with Crippen molar-refractivity contribution in [3.63, 3.8) is 0 Å². The molecular formula is C13H14N2O3. The largest absolute Gasteiger partial charge is 0.495 e. The van der Waals surface area contributed by atoms with Crippen LogP contribution in [0.1, 0.15) is 11.1 Å². The summed E-state index contributed by atoms with van der Waals surface area (Å²) < 4.78 is 5.13. The molecule has 0 amide bonds. The van der Waals surface area contributed by atoms with Crippen molar-refractivity contribution in [2.45, 2.75) is 6.54 Å². The maximum Gasteiger partial charge on any atom is 0.309 e. The summed E-state index contributed by atoms with van der Waals surface area (Å²) in [4.78, 5) is 12.7. The molecule has 94 valence electrons. The molecule has 1 aromatic rings. The van der Waals surface area contributed by atoms with Crippen molar-refractivity contribution in [2.75, 3.05) is 20.2 Å². The van der Waals surface area contributed by atoms with Crippen LogP contribution < -0.4 is 4.74 Å². The Labute approximate surface area is 105 Å².